The van der Waals surface area contributed by atoms with Crippen LogP contribution in [0.5, 0.6) is 11.6 Å². The van der Waals surface area contributed by atoms with Gasteiger partial charge in [0.1, 0.15) is 17.9 Å². The Morgan fingerprint density at radius 3 is 2.39 bits per heavy atom. The number of anilines is 1. The fourth-order valence-electron chi connectivity index (χ4n) is 5.61. The molecule has 0 radical (unpaired) electrons. The van der Waals surface area contributed by atoms with Crippen LogP contribution < -0.4 is 16.0 Å². The van der Waals surface area contributed by atoms with Crippen molar-refractivity contribution >= 4 is 17.7 Å². The number of ether oxygens (including phenoxy) is 1. The first-order valence-electron chi connectivity index (χ1n) is 13.5. The van der Waals surface area contributed by atoms with Gasteiger partial charge >= 0.3 is 6.09 Å². The number of hydrogen-bond donors (Lipinski definition) is 3. The van der Waals surface area contributed by atoms with Crippen molar-refractivity contribution in [1.29, 1.82) is 0 Å². The van der Waals surface area contributed by atoms with Crippen LogP contribution >= 0.6 is 0 Å². The Bertz CT molecular complexity index is 1460. The van der Waals surface area contributed by atoms with Gasteiger partial charge in [0.25, 0.3) is 5.56 Å². The van der Waals surface area contributed by atoms with Crippen LogP contribution in [0.25, 0.3) is 0 Å². The summed E-state index contributed by atoms with van der Waals surface area (Å²) in [5, 5.41) is 20.8. The Labute approximate surface area is 235 Å². The van der Waals surface area contributed by atoms with Crippen LogP contribution in [0.1, 0.15) is 30.7 Å². The van der Waals surface area contributed by atoms with Gasteiger partial charge in [-0.05, 0) is 49.1 Å². The molecule has 2 atom stereocenters. The maximum Gasteiger partial charge on any atom is 0.407 e. The molecule has 3 aromatic rings. The van der Waals surface area contributed by atoms with Gasteiger partial charge in [-0.15, -0.1) is 0 Å². The van der Waals surface area contributed by atoms with E-state index in [1.165, 1.54) is 40.1 Å². The normalized spacial score (nSPS) is 20.4. The molecular weight excluding hydrogens is 533 g/mol. The van der Waals surface area contributed by atoms with Crippen LogP contribution in [-0.4, -0.2) is 73.3 Å². The standard InChI is InChI=1S/C29H32FN5O6/c30-20-6-8-21(9-7-20)41-25-24(31)27(37)35(18-32-25)17-29(40)11-14-33(15-12-29)26(36)22-10-13-34(28(38)39)16-23(22)19-4-2-1-3-5-19/h1-9,18,22-23,40H,10-17,31H2,(H,38,39)/t22-,23+/m1/s1. The summed E-state index contributed by atoms with van der Waals surface area (Å²) in [6, 6.07) is 14.7. The van der Waals surface area contributed by atoms with Gasteiger partial charge in [0.05, 0.1) is 12.1 Å². The van der Waals surface area contributed by atoms with E-state index in [1.807, 2.05) is 30.3 Å². The molecule has 0 unspecified atom stereocenters. The van der Waals surface area contributed by atoms with Crippen molar-refractivity contribution in [3.63, 3.8) is 0 Å². The number of hydrogen-bond acceptors (Lipinski definition) is 7. The first kappa shape index (κ1) is 28.1. The number of rotatable bonds is 6. The average Bonchev–Trinajstić information content (AvgIpc) is 2.98. The lowest BCUT2D eigenvalue weighted by atomic mass is 9.79. The summed E-state index contributed by atoms with van der Waals surface area (Å²) in [4.78, 5) is 45.4. The lowest BCUT2D eigenvalue weighted by Gasteiger charge is -2.42. The van der Waals surface area contributed by atoms with Crippen molar-refractivity contribution in [1.82, 2.24) is 19.4 Å². The van der Waals surface area contributed by atoms with E-state index >= 15 is 0 Å². The third-order valence-corrected chi connectivity index (χ3v) is 7.96. The van der Waals surface area contributed by atoms with E-state index in [4.69, 9.17) is 10.5 Å². The van der Waals surface area contributed by atoms with Crippen LogP contribution in [0.4, 0.5) is 14.9 Å². The third kappa shape index (κ3) is 6.17. The van der Waals surface area contributed by atoms with E-state index in [0.717, 1.165) is 5.56 Å². The fourth-order valence-corrected chi connectivity index (χ4v) is 5.61. The molecule has 11 nitrogen and oxygen atoms in total. The molecule has 216 valence electrons. The molecule has 41 heavy (non-hydrogen) atoms. The van der Waals surface area contributed by atoms with E-state index < -0.39 is 23.1 Å². The molecule has 2 aliphatic heterocycles. The second-order valence-electron chi connectivity index (χ2n) is 10.6. The monoisotopic (exact) mass is 565 g/mol. The van der Waals surface area contributed by atoms with Gasteiger partial charge in [-0.2, -0.15) is 0 Å². The Balaban J connectivity index is 1.24. The molecule has 0 spiro atoms. The fraction of sp³-hybridized carbons (Fsp3) is 0.379. The zero-order chi connectivity index (χ0) is 29.1. The molecule has 0 bridgehead atoms. The van der Waals surface area contributed by atoms with Crippen molar-refractivity contribution in [2.24, 2.45) is 5.92 Å². The molecule has 0 aliphatic carbocycles. The van der Waals surface area contributed by atoms with Gasteiger partial charge < -0.3 is 30.5 Å². The highest BCUT2D eigenvalue weighted by atomic mass is 19.1. The first-order valence-corrected chi connectivity index (χ1v) is 13.5. The maximum atomic E-state index is 13.6. The number of nitrogens with two attached hydrogens (primary N) is 1. The predicted molar refractivity (Wildman–Crippen MR) is 147 cm³/mol. The van der Waals surface area contributed by atoms with Crippen LogP contribution in [0.15, 0.2) is 65.7 Å². The summed E-state index contributed by atoms with van der Waals surface area (Å²) < 4.78 is 19.9. The minimum absolute atomic E-state index is 0.0590. The van der Waals surface area contributed by atoms with Crippen LogP contribution in [-0.2, 0) is 11.3 Å². The molecule has 2 fully saturated rings. The van der Waals surface area contributed by atoms with Gasteiger partial charge in [-0.25, -0.2) is 14.2 Å². The molecule has 2 amide bonds. The van der Waals surface area contributed by atoms with Gasteiger partial charge in [-0.1, -0.05) is 30.3 Å². The van der Waals surface area contributed by atoms with Crippen molar-refractivity contribution in [3.8, 4) is 11.6 Å². The molecule has 0 saturated carbocycles. The number of aromatic nitrogens is 2. The van der Waals surface area contributed by atoms with E-state index in [1.54, 1.807) is 4.90 Å². The summed E-state index contributed by atoms with van der Waals surface area (Å²) in [6.45, 7) is 1.04. The van der Waals surface area contributed by atoms with Crippen LogP contribution in [0, 0.1) is 11.7 Å². The summed E-state index contributed by atoms with van der Waals surface area (Å²) in [7, 11) is 0. The van der Waals surface area contributed by atoms with Crippen molar-refractivity contribution < 1.29 is 28.9 Å². The number of piperidine rings is 2. The lowest BCUT2D eigenvalue weighted by Crippen LogP contribution is -2.53. The van der Waals surface area contributed by atoms with E-state index in [9.17, 15) is 29.0 Å². The van der Waals surface area contributed by atoms with Gasteiger partial charge in [-0.3, -0.25) is 14.2 Å². The summed E-state index contributed by atoms with van der Waals surface area (Å²) in [6.07, 6.45) is 1.14. The summed E-state index contributed by atoms with van der Waals surface area (Å²) >= 11 is 0. The van der Waals surface area contributed by atoms with Crippen molar-refractivity contribution in [2.45, 2.75) is 37.3 Å². The summed E-state index contributed by atoms with van der Waals surface area (Å²) in [5.74, 6) is -0.989. The minimum atomic E-state index is -1.26. The number of carboxylic acid groups (broad SMARTS) is 1. The highest BCUT2D eigenvalue weighted by Gasteiger charge is 2.41. The Morgan fingerprint density at radius 2 is 1.73 bits per heavy atom. The largest absolute Gasteiger partial charge is 0.465 e. The minimum Gasteiger partial charge on any atom is -0.465 e. The lowest BCUT2D eigenvalue weighted by molar-refractivity contribution is -0.142. The molecular formula is C29H32FN5O6. The van der Waals surface area contributed by atoms with E-state index in [0.29, 0.717) is 19.5 Å². The van der Waals surface area contributed by atoms with Gasteiger partial charge in [0.2, 0.25) is 11.8 Å². The molecule has 2 aliphatic rings. The van der Waals surface area contributed by atoms with E-state index in [2.05, 4.69) is 4.98 Å². The number of nitrogens with zero attached hydrogens (tertiary/aromatic N) is 4. The number of carbonyl (C=O) groups is 2. The Morgan fingerprint density at radius 1 is 1.05 bits per heavy atom. The highest BCUT2D eigenvalue weighted by molar-refractivity contribution is 5.80. The quantitative estimate of drug-likeness (QED) is 0.413. The SMILES string of the molecule is Nc1c(Oc2ccc(F)cc2)ncn(CC2(O)CCN(C(=O)[C@@H]3CCN(C(=O)O)C[C@H]3c3ccccc3)CC2)c1=O. The number of aliphatic hydroxyl groups is 1. The molecule has 5 rings (SSSR count). The Kier molecular flexibility index (Phi) is 7.93. The summed E-state index contributed by atoms with van der Waals surface area (Å²) in [5.41, 5.74) is 4.80. The Hall–Kier alpha value is -4.45. The third-order valence-electron chi connectivity index (χ3n) is 7.96. The van der Waals surface area contributed by atoms with Crippen molar-refractivity contribution in [3.05, 3.63) is 82.7 Å². The van der Waals surface area contributed by atoms with Gasteiger partial charge in [0.15, 0.2) is 5.69 Å². The van der Waals surface area contributed by atoms with Gasteiger partial charge in [0, 0.05) is 38.0 Å². The maximum absolute atomic E-state index is 13.6. The highest BCUT2D eigenvalue weighted by Crippen LogP contribution is 2.35. The first-order chi connectivity index (χ1) is 19.6. The number of likely N-dealkylation sites (tertiary alicyclic amines) is 2. The molecule has 2 aromatic carbocycles. The topological polar surface area (TPSA) is 151 Å². The van der Waals surface area contributed by atoms with E-state index in [-0.39, 0.29) is 67.5 Å². The number of benzene rings is 2. The number of nitrogen functional groups attached to an aromatic ring is 1. The molecule has 1 aromatic heterocycles. The second kappa shape index (κ2) is 11.6. The molecule has 12 heteroatoms. The number of halogens is 1. The zero-order valence-electron chi connectivity index (χ0n) is 22.4. The number of carbonyl (C=O) groups excluding carboxylic acids is 1. The van der Waals surface area contributed by atoms with Crippen LogP contribution in [0.2, 0.25) is 0 Å². The predicted octanol–water partition coefficient (Wildman–Crippen LogP) is 2.89. The molecule has 3 heterocycles. The number of amides is 2. The molecule has 4 N–H and O–H groups in total. The zero-order valence-corrected chi connectivity index (χ0v) is 22.4. The second-order valence-corrected chi connectivity index (χ2v) is 10.6. The van der Waals surface area contributed by atoms with Crippen molar-refractivity contribution in [2.75, 3.05) is 31.9 Å². The molecule has 2 saturated heterocycles. The van der Waals surface area contributed by atoms with Crippen LogP contribution in [0.3, 0.4) is 0 Å². The average molecular weight is 566 g/mol. The smallest absolute Gasteiger partial charge is 0.407 e.